The molecule has 0 fully saturated rings. The van der Waals surface area contributed by atoms with Crippen LogP contribution < -0.4 is 5.32 Å². The lowest BCUT2D eigenvalue weighted by Gasteiger charge is -2.16. The number of carboxylic acid groups (broad SMARTS) is 1. The van der Waals surface area contributed by atoms with E-state index in [4.69, 9.17) is 39.2 Å². The highest BCUT2D eigenvalue weighted by Gasteiger charge is 2.25. The zero-order valence-corrected chi connectivity index (χ0v) is 19.0. The van der Waals surface area contributed by atoms with Gasteiger partial charge in [-0.1, -0.05) is 53.0 Å². The molecule has 33 heavy (non-hydrogen) atoms. The van der Waals surface area contributed by atoms with Crippen molar-refractivity contribution in [3.05, 3.63) is 98.8 Å². The molecule has 166 valence electrons. The first-order valence-electron chi connectivity index (χ1n) is 9.61. The molecule has 4 aromatic rings. The Kier molecular flexibility index (Phi) is 6.70. The molecule has 6 nitrogen and oxygen atoms in total. The summed E-state index contributed by atoms with van der Waals surface area (Å²) in [7, 11) is 0. The fraction of sp³-hybridized carbons (Fsp3) is 0.0417. The number of hydrogen-bond donors (Lipinski definition) is 2. The molecule has 0 spiro atoms. The molecule has 0 aliphatic rings. The number of amides is 1. The number of anilines is 1. The third-order valence-corrected chi connectivity index (χ3v) is 5.78. The number of fused-ring (bicyclic) bond motifs is 1. The number of hydrogen-bond acceptors (Lipinski definition) is 4. The van der Waals surface area contributed by atoms with Crippen LogP contribution in [-0.2, 0) is 9.59 Å². The van der Waals surface area contributed by atoms with Crippen molar-refractivity contribution < 1.29 is 19.1 Å². The number of nitrogens with one attached hydrogen (secondary N) is 1. The Morgan fingerprint density at radius 1 is 1.00 bits per heavy atom. The predicted molar refractivity (Wildman–Crippen MR) is 129 cm³/mol. The summed E-state index contributed by atoms with van der Waals surface area (Å²) in [4.78, 5) is 28.4. The summed E-state index contributed by atoms with van der Waals surface area (Å²) in [5, 5.41) is 13.7. The van der Waals surface area contributed by atoms with Crippen molar-refractivity contribution in [2.45, 2.75) is 5.92 Å². The molecule has 0 aliphatic carbocycles. The number of halogens is 3. The van der Waals surface area contributed by atoms with Gasteiger partial charge in [0, 0.05) is 26.8 Å². The van der Waals surface area contributed by atoms with E-state index in [0.717, 1.165) is 0 Å². The molecule has 0 bridgehead atoms. The SMILES string of the molecule is O=C(C=Cc1ccc(Cl)cc1Cl)Nc1ccc(C(C(=O)O)c2ccc3ocnc3c2)c(Cl)c1. The summed E-state index contributed by atoms with van der Waals surface area (Å²) in [6.07, 6.45) is 4.18. The van der Waals surface area contributed by atoms with E-state index in [1.165, 1.54) is 18.5 Å². The van der Waals surface area contributed by atoms with E-state index < -0.39 is 17.8 Å². The number of aromatic nitrogens is 1. The summed E-state index contributed by atoms with van der Waals surface area (Å²) in [6, 6.07) is 14.6. The van der Waals surface area contributed by atoms with Crippen LogP contribution in [0.25, 0.3) is 17.2 Å². The highest BCUT2D eigenvalue weighted by atomic mass is 35.5. The summed E-state index contributed by atoms with van der Waals surface area (Å²) >= 11 is 18.4. The maximum absolute atomic E-state index is 12.3. The third-order valence-electron chi connectivity index (χ3n) is 4.89. The van der Waals surface area contributed by atoms with Crippen LogP contribution in [0.5, 0.6) is 0 Å². The van der Waals surface area contributed by atoms with Crippen LogP contribution in [0.1, 0.15) is 22.6 Å². The molecule has 1 heterocycles. The maximum atomic E-state index is 12.3. The van der Waals surface area contributed by atoms with E-state index in [1.807, 2.05) is 0 Å². The van der Waals surface area contributed by atoms with Crippen LogP contribution in [0.2, 0.25) is 15.1 Å². The fourth-order valence-electron chi connectivity index (χ4n) is 3.33. The number of benzene rings is 3. The monoisotopic (exact) mass is 500 g/mol. The first-order valence-corrected chi connectivity index (χ1v) is 10.7. The van der Waals surface area contributed by atoms with Gasteiger partial charge >= 0.3 is 5.97 Å². The Balaban J connectivity index is 1.54. The lowest BCUT2D eigenvalue weighted by atomic mass is 9.91. The number of carbonyl (C=O) groups excluding carboxylic acids is 1. The number of carboxylic acids is 1. The number of rotatable bonds is 6. The Bertz CT molecular complexity index is 1400. The molecule has 4 rings (SSSR count). The summed E-state index contributed by atoms with van der Waals surface area (Å²) in [6.45, 7) is 0. The number of nitrogens with zero attached hydrogens (tertiary/aromatic N) is 1. The van der Waals surface area contributed by atoms with Crippen molar-refractivity contribution in [3.8, 4) is 0 Å². The molecular weight excluding hydrogens is 487 g/mol. The van der Waals surface area contributed by atoms with Crippen molar-refractivity contribution in [3.63, 3.8) is 0 Å². The van der Waals surface area contributed by atoms with Gasteiger partial charge in [-0.2, -0.15) is 0 Å². The van der Waals surface area contributed by atoms with Crippen LogP contribution in [-0.4, -0.2) is 22.0 Å². The van der Waals surface area contributed by atoms with E-state index in [-0.39, 0.29) is 5.02 Å². The Hall–Kier alpha value is -3.32. The van der Waals surface area contributed by atoms with Crippen molar-refractivity contribution >= 4 is 69.5 Å². The number of aliphatic carboxylic acids is 1. The lowest BCUT2D eigenvalue weighted by molar-refractivity contribution is -0.137. The molecule has 3 aromatic carbocycles. The molecule has 9 heteroatoms. The van der Waals surface area contributed by atoms with E-state index in [1.54, 1.807) is 54.6 Å². The van der Waals surface area contributed by atoms with Gasteiger partial charge in [-0.15, -0.1) is 0 Å². The van der Waals surface area contributed by atoms with Crippen molar-refractivity contribution in [1.29, 1.82) is 0 Å². The van der Waals surface area contributed by atoms with Crippen LogP contribution in [0.3, 0.4) is 0 Å². The lowest BCUT2D eigenvalue weighted by Crippen LogP contribution is -2.14. The van der Waals surface area contributed by atoms with Crippen molar-refractivity contribution in [1.82, 2.24) is 4.98 Å². The Labute approximate surface area is 203 Å². The predicted octanol–water partition coefficient (Wildman–Crippen LogP) is 6.66. The van der Waals surface area contributed by atoms with Gasteiger partial charge in [0.1, 0.15) is 11.4 Å². The quantitative estimate of drug-likeness (QED) is 0.288. The van der Waals surface area contributed by atoms with Gasteiger partial charge in [0.05, 0.1) is 0 Å². The minimum absolute atomic E-state index is 0.199. The van der Waals surface area contributed by atoms with E-state index in [0.29, 0.717) is 43.5 Å². The molecule has 1 atom stereocenters. The van der Waals surface area contributed by atoms with Crippen LogP contribution in [0, 0.1) is 0 Å². The van der Waals surface area contributed by atoms with Crippen LogP contribution >= 0.6 is 34.8 Å². The summed E-state index contributed by atoms with van der Waals surface area (Å²) in [5.74, 6) is -2.49. The normalized spacial score (nSPS) is 12.2. The zero-order valence-electron chi connectivity index (χ0n) is 16.8. The van der Waals surface area contributed by atoms with Gasteiger partial charge in [0.15, 0.2) is 12.0 Å². The molecule has 2 N–H and O–H groups in total. The molecule has 0 aliphatic heterocycles. The van der Waals surface area contributed by atoms with Crippen molar-refractivity contribution in [2.75, 3.05) is 5.32 Å². The molecule has 1 amide bonds. The molecule has 0 saturated carbocycles. The first-order chi connectivity index (χ1) is 15.8. The van der Waals surface area contributed by atoms with Gasteiger partial charge in [-0.05, 0) is 59.2 Å². The van der Waals surface area contributed by atoms with E-state index in [9.17, 15) is 14.7 Å². The molecule has 1 aromatic heterocycles. The van der Waals surface area contributed by atoms with E-state index >= 15 is 0 Å². The fourth-order valence-corrected chi connectivity index (χ4v) is 4.10. The minimum Gasteiger partial charge on any atom is -0.481 e. The minimum atomic E-state index is -1.07. The Morgan fingerprint density at radius 2 is 1.82 bits per heavy atom. The van der Waals surface area contributed by atoms with Gasteiger partial charge in [-0.25, -0.2) is 4.98 Å². The maximum Gasteiger partial charge on any atom is 0.315 e. The van der Waals surface area contributed by atoms with Crippen LogP contribution in [0.15, 0.2) is 71.5 Å². The number of oxazole rings is 1. The summed E-state index contributed by atoms with van der Waals surface area (Å²) in [5.41, 5.74) is 3.04. The van der Waals surface area contributed by atoms with Gasteiger partial charge in [0.2, 0.25) is 5.91 Å². The number of carbonyl (C=O) groups is 2. The Morgan fingerprint density at radius 3 is 2.55 bits per heavy atom. The van der Waals surface area contributed by atoms with Crippen LogP contribution in [0.4, 0.5) is 5.69 Å². The molecule has 0 saturated heterocycles. The molecular formula is C24H15Cl3N2O4. The highest BCUT2D eigenvalue weighted by molar-refractivity contribution is 6.35. The second-order valence-electron chi connectivity index (χ2n) is 7.08. The highest BCUT2D eigenvalue weighted by Crippen LogP contribution is 2.34. The van der Waals surface area contributed by atoms with E-state index in [2.05, 4.69) is 10.3 Å². The third kappa shape index (κ3) is 5.20. The zero-order chi connectivity index (χ0) is 23.5. The summed E-state index contributed by atoms with van der Waals surface area (Å²) < 4.78 is 5.21. The molecule has 1 unspecified atom stereocenters. The second kappa shape index (κ2) is 9.67. The van der Waals surface area contributed by atoms with Gasteiger partial charge in [0.25, 0.3) is 0 Å². The average molecular weight is 502 g/mol. The molecule has 0 radical (unpaired) electrons. The smallest absolute Gasteiger partial charge is 0.315 e. The second-order valence-corrected chi connectivity index (χ2v) is 8.33. The largest absolute Gasteiger partial charge is 0.481 e. The van der Waals surface area contributed by atoms with Crippen molar-refractivity contribution in [2.24, 2.45) is 0 Å². The average Bonchev–Trinajstić information content (AvgIpc) is 3.23. The standard InChI is InChI=1S/C24H15Cl3N2O4/c25-15-4-1-13(18(26)10-15)3-8-22(30)29-16-5-6-17(19(27)11-16)23(24(31)32)14-2-7-21-20(9-14)28-12-33-21/h1-12,23H,(H,29,30)(H,31,32). The van der Waals surface area contributed by atoms with Gasteiger partial charge < -0.3 is 14.8 Å². The first kappa shape index (κ1) is 22.9. The topological polar surface area (TPSA) is 92.4 Å². The van der Waals surface area contributed by atoms with Gasteiger partial charge in [-0.3, -0.25) is 9.59 Å².